The highest BCUT2D eigenvalue weighted by Crippen LogP contribution is 2.21. The number of rotatable bonds is 6. The Morgan fingerprint density at radius 1 is 1.59 bits per heavy atom. The maximum atomic E-state index is 12.1. The van der Waals surface area contributed by atoms with Crippen molar-refractivity contribution in [3.63, 3.8) is 0 Å². The van der Waals surface area contributed by atoms with Crippen LogP contribution in [0.3, 0.4) is 0 Å². The number of carboxylic acid groups (broad SMARTS) is 1. The summed E-state index contributed by atoms with van der Waals surface area (Å²) in [6.45, 7) is 3.44. The molecular formula is C10H15NO4S2. The number of hydrogen-bond donors (Lipinski definition) is 1. The summed E-state index contributed by atoms with van der Waals surface area (Å²) in [7, 11) is -3.55. The van der Waals surface area contributed by atoms with E-state index < -0.39 is 21.9 Å². The molecule has 0 amide bonds. The van der Waals surface area contributed by atoms with E-state index in [0.717, 1.165) is 11.3 Å². The summed E-state index contributed by atoms with van der Waals surface area (Å²) < 4.78 is 25.7. The van der Waals surface area contributed by atoms with Crippen LogP contribution in [-0.2, 0) is 14.8 Å². The van der Waals surface area contributed by atoms with Gasteiger partial charge in [0, 0.05) is 13.1 Å². The summed E-state index contributed by atoms with van der Waals surface area (Å²) in [5.41, 5.74) is 0. The van der Waals surface area contributed by atoms with E-state index in [1.807, 2.05) is 0 Å². The van der Waals surface area contributed by atoms with Gasteiger partial charge in [0.2, 0.25) is 0 Å². The third-order valence-electron chi connectivity index (χ3n) is 2.34. The Kier molecular flexibility index (Phi) is 4.67. The number of hydrogen-bond acceptors (Lipinski definition) is 4. The summed E-state index contributed by atoms with van der Waals surface area (Å²) >= 11 is 1.13. The van der Waals surface area contributed by atoms with Crippen molar-refractivity contribution >= 4 is 27.3 Å². The maximum Gasteiger partial charge on any atom is 0.307 e. The molecule has 0 fully saturated rings. The monoisotopic (exact) mass is 277 g/mol. The van der Waals surface area contributed by atoms with Gasteiger partial charge in [-0.05, 0) is 11.4 Å². The number of carboxylic acids is 1. The fourth-order valence-electron chi connectivity index (χ4n) is 1.32. The molecule has 1 aromatic rings. The van der Waals surface area contributed by atoms with Crippen LogP contribution in [0.1, 0.15) is 13.8 Å². The van der Waals surface area contributed by atoms with Crippen molar-refractivity contribution in [3.05, 3.63) is 17.5 Å². The van der Waals surface area contributed by atoms with Crippen LogP contribution in [0.2, 0.25) is 0 Å². The number of aliphatic carboxylic acids is 1. The minimum Gasteiger partial charge on any atom is -0.481 e. The number of sulfonamides is 1. The normalized spacial score (nSPS) is 13.8. The third kappa shape index (κ3) is 3.27. The summed E-state index contributed by atoms with van der Waals surface area (Å²) in [5.74, 6) is -1.71. The molecule has 1 atom stereocenters. The molecule has 0 saturated heterocycles. The van der Waals surface area contributed by atoms with Gasteiger partial charge in [-0.25, -0.2) is 8.42 Å². The molecule has 0 spiro atoms. The van der Waals surface area contributed by atoms with Crippen LogP contribution >= 0.6 is 11.3 Å². The zero-order valence-electron chi connectivity index (χ0n) is 9.66. The van der Waals surface area contributed by atoms with Crippen LogP contribution in [0.25, 0.3) is 0 Å². The molecule has 0 aliphatic heterocycles. The van der Waals surface area contributed by atoms with Crippen molar-refractivity contribution < 1.29 is 18.3 Å². The van der Waals surface area contributed by atoms with Crippen LogP contribution < -0.4 is 0 Å². The van der Waals surface area contributed by atoms with E-state index in [-0.39, 0.29) is 17.3 Å². The standard InChI is InChI=1S/C10H15NO4S2/c1-3-11(7-8(2)10(12)13)17(14,15)9-5-4-6-16-9/h4-6,8H,3,7H2,1-2H3,(H,12,13). The predicted molar refractivity (Wildman–Crippen MR) is 65.6 cm³/mol. The second kappa shape index (κ2) is 5.61. The third-order valence-corrected chi connectivity index (χ3v) is 5.65. The molecule has 0 aliphatic carbocycles. The SMILES string of the molecule is CCN(CC(C)C(=O)O)S(=O)(=O)c1cccs1. The number of thiophene rings is 1. The Morgan fingerprint density at radius 2 is 2.24 bits per heavy atom. The average molecular weight is 277 g/mol. The second-order valence-corrected chi connectivity index (χ2v) is 6.74. The van der Waals surface area contributed by atoms with Crippen LogP contribution in [0.5, 0.6) is 0 Å². The van der Waals surface area contributed by atoms with Crippen LogP contribution in [-0.4, -0.2) is 36.9 Å². The van der Waals surface area contributed by atoms with Crippen molar-refractivity contribution in [2.75, 3.05) is 13.1 Å². The first-order valence-electron chi connectivity index (χ1n) is 5.16. The zero-order valence-corrected chi connectivity index (χ0v) is 11.3. The van der Waals surface area contributed by atoms with Gasteiger partial charge in [0.05, 0.1) is 5.92 Å². The van der Waals surface area contributed by atoms with E-state index in [4.69, 9.17) is 5.11 Å². The van der Waals surface area contributed by atoms with Crippen molar-refractivity contribution in [1.82, 2.24) is 4.31 Å². The zero-order chi connectivity index (χ0) is 13.1. The van der Waals surface area contributed by atoms with Crippen LogP contribution in [0.15, 0.2) is 21.7 Å². The van der Waals surface area contributed by atoms with Crippen LogP contribution in [0, 0.1) is 5.92 Å². The Morgan fingerprint density at radius 3 is 2.65 bits per heavy atom. The van der Waals surface area contributed by atoms with Gasteiger partial charge in [-0.1, -0.05) is 19.9 Å². The van der Waals surface area contributed by atoms with Gasteiger partial charge in [0.25, 0.3) is 10.0 Å². The Hall–Kier alpha value is -0.920. The van der Waals surface area contributed by atoms with Crippen LogP contribution in [0.4, 0.5) is 0 Å². The Labute approximate surface area is 105 Å². The van der Waals surface area contributed by atoms with E-state index in [0.29, 0.717) is 0 Å². The first kappa shape index (κ1) is 14.1. The molecule has 1 unspecified atom stereocenters. The topological polar surface area (TPSA) is 74.7 Å². The van der Waals surface area contributed by atoms with Crippen molar-refractivity contribution in [1.29, 1.82) is 0 Å². The lowest BCUT2D eigenvalue weighted by molar-refractivity contribution is -0.141. The molecule has 0 bridgehead atoms. The molecule has 96 valence electrons. The van der Waals surface area contributed by atoms with E-state index in [1.54, 1.807) is 18.4 Å². The molecule has 17 heavy (non-hydrogen) atoms. The Bertz CT molecular complexity index is 467. The molecule has 0 radical (unpaired) electrons. The smallest absolute Gasteiger partial charge is 0.307 e. The molecule has 1 N–H and O–H groups in total. The van der Waals surface area contributed by atoms with Crippen molar-refractivity contribution in [2.45, 2.75) is 18.1 Å². The molecule has 0 aromatic carbocycles. The molecule has 7 heteroatoms. The largest absolute Gasteiger partial charge is 0.481 e. The fourth-order valence-corrected chi connectivity index (χ4v) is 4.00. The highest BCUT2D eigenvalue weighted by atomic mass is 32.2. The molecule has 1 rings (SSSR count). The van der Waals surface area contributed by atoms with Gasteiger partial charge >= 0.3 is 5.97 Å². The lowest BCUT2D eigenvalue weighted by atomic mass is 10.2. The van der Waals surface area contributed by atoms with E-state index in [1.165, 1.54) is 17.3 Å². The average Bonchev–Trinajstić information content (AvgIpc) is 2.78. The maximum absolute atomic E-state index is 12.1. The summed E-state index contributed by atoms with van der Waals surface area (Å²) in [6.07, 6.45) is 0. The van der Waals surface area contributed by atoms with Gasteiger partial charge in [0.1, 0.15) is 4.21 Å². The second-order valence-electron chi connectivity index (χ2n) is 3.63. The highest BCUT2D eigenvalue weighted by molar-refractivity contribution is 7.91. The molecule has 0 saturated carbocycles. The lowest BCUT2D eigenvalue weighted by Crippen LogP contribution is -2.36. The van der Waals surface area contributed by atoms with E-state index in [9.17, 15) is 13.2 Å². The Balaban J connectivity index is 2.92. The summed E-state index contributed by atoms with van der Waals surface area (Å²) in [5, 5.41) is 10.5. The number of carbonyl (C=O) groups is 1. The molecule has 1 heterocycles. The number of nitrogens with zero attached hydrogens (tertiary/aromatic N) is 1. The van der Waals surface area contributed by atoms with E-state index >= 15 is 0 Å². The van der Waals surface area contributed by atoms with Gasteiger partial charge < -0.3 is 5.11 Å². The highest BCUT2D eigenvalue weighted by Gasteiger charge is 2.27. The first-order chi connectivity index (χ1) is 7.89. The fraction of sp³-hybridized carbons (Fsp3) is 0.500. The minimum atomic E-state index is -3.55. The van der Waals surface area contributed by atoms with Gasteiger partial charge in [0.15, 0.2) is 0 Å². The van der Waals surface area contributed by atoms with Gasteiger partial charge in [-0.2, -0.15) is 4.31 Å². The molecule has 1 aromatic heterocycles. The summed E-state index contributed by atoms with van der Waals surface area (Å²) in [6, 6.07) is 3.18. The first-order valence-corrected chi connectivity index (χ1v) is 7.48. The van der Waals surface area contributed by atoms with E-state index in [2.05, 4.69) is 0 Å². The molecular weight excluding hydrogens is 262 g/mol. The summed E-state index contributed by atoms with van der Waals surface area (Å²) in [4.78, 5) is 10.7. The molecule has 0 aliphatic rings. The van der Waals surface area contributed by atoms with Gasteiger partial charge in [-0.15, -0.1) is 11.3 Å². The lowest BCUT2D eigenvalue weighted by Gasteiger charge is -2.21. The van der Waals surface area contributed by atoms with Crippen molar-refractivity contribution in [3.8, 4) is 0 Å². The van der Waals surface area contributed by atoms with Crippen molar-refractivity contribution in [2.24, 2.45) is 5.92 Å². The predicted octanol–water partition coefficient (Wildman–Crippen LogP) is 1.48. The minimum absolute atomic E-state index is 0.00787. The quantitative estimate of drug-likeness (QED) is 0.854. The van der Waals surface area contributed by atoms with Gasteiger partial charge in [-0.3, -0.25) is 4.79 Å². The molecule has 5 nitrogen and oxygen atoms in total.